The molecule has 0 bridgehead atoms. The maximum absolute atomic E-state index is 13.1. The van der Waals surface area contributed by atoms with E-state index in [9.17, 15) is 18.0 Å². The summed E-state index contributed by atoms with van der Waals surface area (Å²) in [5.41, 5.74) is 1.34. The van der Waals surface area contributed by atoms with E-state index in [1.165, 1.54) is 9.58 Å². The van der Waals surface area contributed by atoms with Crippen LogP contribution in [-0.4, -0.2) is 41.2 Å². The van der Waals surface area contributed by atoms with Crippen LogP contribution < -0.4 is 10.5 Å². The lowest BCUT2D eigenvalue weighted by Crippen LogP contribution is -2.39. The molecule has 4 rings (SSSR count). The Morgan fingerprint density at radius 2 is 1.76 bits per heavy atom. The molecule has 2 aromatic rings. The van der Waals surface area contributed by atoms with Crippen molar-refractivity contribution in [1.29, 1.82) is 0 Å². The normalized spacial score (nSPS) is 24.7. The highest BCUT2D eigenvalue weighted by atomic mass is 32.2. The number of anilines is 1. The zero-order valence-electron chi connectivity index (χ0n) is 14.0. The first-order chi connectivity index (χ1) is 11.8. The number of benzene rings is 1. The molecule has 132 valence electrons. The van der Waals surface area contributed by atoms with Crippen molar-refractivity contribution in [2.24, 2.45) is 13.0 Å². The monoisotopic (exact) mass is 361 g/mol. The highest BCUT2D eigenvalue weighted by Gasteiger charge is 2.50. The van der Waals surface area contributed by atoms with E-state index in [1.807, 2.05) is 30.3 Å². The molecule has 2 aliphatic heterocycles. The predicted octanol–water partition coefficient (Wildman–Crippen LogP) is 0.634. The molecule has 3 heterocycles. The molecule has 1 amide bonds. The summed E-state index contributed by atoms with van der Waals surface area (Å²) in [5, 5.41) is 0. The van der Waals surface area contributed by atoms with Gasteiger partial charge in [0.05, 0.1) is 28.9 Å². The van der Waals surface area contributed by atoms with Crippen LogP contribution >= 0.6 is 0 Å². The van der Waals surface area contributed by atoms with Crippen molar-refractivity contribution in [3.05, 3.63) is 46.4 Å². The van der Waals surface area contributed by atoms with E-state index in [-0.39, 0.29) is 35.3 Å². The van der Waals surface area contributed by atoms with E-state index in [0.29, 0.717) is 17.1 Å². The summed E-state index contributed by atoms with van der Waals surface area (Å²) in [6, 6.07) is 8.74. The summed E-state index contributed by atoms with van der Waals surface area (Å²) in [6.07, 6.45) is 0.184. The zero-order valence-corrected chi connectivity index (χ0v) is 14.9. The maximum atomic E-state index is 13.1. The largest absolute Gasteiger partial charge is 0.302 e. The van der Waals surface area contributed by atoms with Crippen LogP contribution in [0, 0.1) is 12.8 Å². The minimum atomic E-state index is -3.16. The first kappa shape index (κ1) is 16.1. The van der Waals surface area contributed by atoms with Crippen molar-refractivity contribution >= 4 is 21.4 Å². The first-order valence-electron chi connectivity index (χ1n) is 8.16. The lowest BCUT2D eigenvalue weighted by molar-refractivity contribution is -0.117. The zero-order chi connectivity index (χ0) is 17.9. The van der Waals surface area contributed by atoms with E-state index >= 15 is 0 Å². The van der Waals surface area contributed by atoms with Crippen LogP contribution in [-0.2, 0) is 21.7 Å². The lowest BCUT2D eigenvalue weighted by atomic mass is 10.1. The number of aromatic nitrogens is 2. The molecule has 2 atom stereocenters. The van der Waals surface area contributed by atoms with Gasteiger partial charge in [0.2, 0.25) is 5.91 Å². The molecule has 0 spiro atoms. The number of carbonyl (C=O) groups excluding carboxylic acids is 1. The van der Waals surface area contributed by atoms with E-state index < -0.39 is 15.9 Å². The second-order valence-electron chi connectivity index (χ2n) is 6.78. The molecular weight excluding hydrogens is 342 g/mol. The highest BCUT2D eigenvalue weighted by molar-refractivity contribution is 7.91. The Balaban J connectivity index is 1.87. The average molecular weight is 361 g/mol. The number of amides is 1. The van der Waals surface area contributed by atoms with Crippen LogP contribution in [0.5, 0.6) is 0 Å². The molecule has 0 unspecified atom stereocenters. The van der Waals surface area contributed by atoms with Crippen LogP contribution in [0.15, 0.2) is 35.1 Å². The molecular formula is C17H19N3O4S. The Bertz CT molecular complexity index is 1020. The molecule has 2 saturated heterocycles. The molecule has 1 aromatic heterocycles. The van der Waals surface area contributed by atoms with Gasteiger partial charge in [-0.25, -0.2) is 13.1 Å². The summed E-state index contributed by atoms with van der Waals surface area (Å²) in [6.45, 7) is 1.78. The Morgan fingerprint density at radius 1 is 1.08 bits per heavy atom. The molecule has 25 heavy (non-hydrogen) atoms. The quantitative estimate of drug-likeness (QED) is 0.786. The number of carbonyl (C=O) groups is 1. The van der Waals surface area contributed by atoms with Crippen LogP contribution in [0.3, 0.4) is 0 Å². The van der Waals surface area contributed by atoms with Crippen molar-refractivity contribution in [3.63, 3.8) is 0 Å². The van der Waals surface area contributed by atoms with Crippen molar-refractivity contribution in [2.45, 2.75) is 19.4 Å². The summed E-state index contributed by atoms with van der Waals surface area (Å²) < 4.78 is 27.1. The Hall–Kier alpha value is -2.35. The van der Waals surface area contributed by atoms with Gasteiger partial charge in [-0.05, 0) is 19.1 Å². The number of hydrogen-bond donors (Lipinski definition) is 0. The van der Waals surface area contributed by atoms with E-state index in [1.54, 1.807) is 18.7 Å². The second kappa shape index (κ2) is 5.32. The third kappa shape index (κ3) is 2.35. The number of sulfone groups is 1. The molecule has 1 aromatic carbocycles. The van der Waals surface area contributed by atoms with Crippen LogP contribution in [0.2, 0.25) is 0 Å². The van der Waals surface area contributed by atoms with Gasteiger partial charge in [-0.15, -0.1) is 0 Å². The highest BCUT2D eigenvalue weighted by Crippen LogP contribution is 2.37. The van der Waals surface area contributed by atoms with Gasteiger partial charge >= 0.3 is 0 Å². The molecule has 0 N–H and O–H groups in total. The summed E-state index contributed by atoms with van der Waals surface area (Å²) in [7, 11) is -1.40. The minimum absolute atomic E-state index is 0.0265. The van der Waals surface area contributed by atoms with Crippen molar-refractivity contribution in [1.82, 2.24) is 9.36 Å². The number of para-hydroxylation sites is 1. The van der Waals surface area contributed by atoms with Crippen molar-refractivity contribution < 1.29 is 13.2 Å². The molecule has 0 aliphatic carbocycles. The van der Waals surface area contributed by atoms with E-state index in [2.05, 4.69) is 0 Å². The number of nitrogens with zero attached hydrogens (tertiary/aromatic N) is 3. The second-order valence-corrected chi connectivity index (χ2v) is 8.94. The van der Waals surface area contributed by atoms with Gasteiger partial charge < -0.3 is 4.90 Å². The maximum Gasteiger partial charge on any atom is 0.295 e. The minimum Gasteiger partial charge on any atom is -0.302 e. The predicted molar refractivity (Wildman–Crippen MR) is 93.8 cm³/mol. The number of hydrogen-bond acceptors (Lipinski definition) is 4. The fourth-order valence-electron chi connectivity index (χ4n) is 4.01. The van der Waals surface area contributed by atoms with Gasteiger partial charge in [-0.3, -0.25) is 14.3 Å². The summed E-state index contributed by atoms with van der Waals surface area (Å²) in [5.74, 6) is -0.432. The Morgan fingerprint density at radius 3 is 2.44 bits per heavy atom. The molecule has 7 nitrogen and oxygen atoms in total. The molecule has 2 fully saturated rings. The number of fused-ring (bicyclic) bond motifs is 1. The van der Waals surface area contributed by atoms with Crippen LogP contribution in [0.25, 0.3) is 5.69 Å². The van der Waals surface area contributed by atoms with E-state index in [4.69, 9.17) is 0 Å². The summed E-state index contributed by atoms with van der Waals surface area (Å²) in [4.78, 5) is 27.1. The van der Waals surface area contributed by atoms with Gasteiger partial charge in [-0.1, -0.05) is 18.2 Å². The Kier molecular flexibility index (Phi) is 3.44. The third-order valence-corrected chi connectivity index (χ3v) is 7.02. The average Bonchev–Trinajstić information content (AvgIpc) is 3.07. The molecule has 0 saturated carbocycles. The van der Waals surface area contributed by atoms with Crippen LogP contribution in [0.4, 0.5) is 5.69 Å². The van der Waals surface area contributed by atoms with Crippen molar-refractivity contribution in [2.75, 3.05) is 16.4 Å². The Labute approximate surface area is 145 Å². The molecule has 8 heteroatoms. The third-order valence-electron chi connectivity index (χ3n) is 5.24. The van der Waals surface area contributed by atoms with Gasteiger partial charge in [0.25, 0.3) is 5.56 Å². The lowest BCUT2D eigenvalue weighted by Gasteiger charge is -2.21. The summed E-state index contributed by atoms with van der Waals surface area (Å²) >= 11 is 0. The van der Waals surface area contributed by atoms with Crippen LogP contribution in [0.1, 0.15) is 12.1 Å². The van der Waals surface area contributed by atoms with Crippen molar-refractivity contribution in [3.8, 4) is 5.69 Å². The topological polar surface area (TPSA) is 81.4 Å². The van der Waals surface area contributed by atoms with Gasteiger partial charge in [0.15, 0.2) is 9.84 Å². The fraction of sp³-hybridized carbons (Fsp3) is 0.412. The fourth-order valence-corrected chi connectivity index (χ4v) is 6.08. The van der Waals surface area contributed by atoms with Gasteiger partial charge in [0.1, 0.15) is 5.69 Å². The standard InChI is InChI=1S/C17H19N3O4S/c1-11-16(17(22)20(18(11)2)13-6-4-3-5-7-13)19-14-10-25(23,24)9-12(14)8-15(19)21/h3-7,12,14H,8-10H2,1-2H3/t12-,14-/m1/s1. The smallest absolute Gasteiger partial charge is 0.295 e. The van der Waals surface area contributed by atoms with E-state index in [0.717, 1.165) is 0 Å². The number of rotatable bonds is 2. The SMILES string of the molecule is Cc1c(N2C(=O)C[C@@H]3CS(=O)(=O)C[C@H]32)c(=O)n(-c2ccccc2)n1C. The van der Waals surface area contributed by atoms with Gasteiger partial charge in [-0.2, -0.15) is 0 Å². The first-order valence-corrected chi connectivity index (χ1v) is 9.99. The molecule has 2 aliphatic rings. The van der Waals surface area contributed by atoms with Gasteiger partial charge in [0, 0.05) is 19.4 Å². The molecule has 0 radical (unpaired) electrons.